The maximum Gasteiger partial charge on any atom is 0.132 e. The maximum absolute atomic E-state index is 2.26. The van der Waals surface area contributed by atoms with Crippen molar-refractivity contribution in [1.29, 1.82) is 0 Å². The lowest BCUT2D eigenvalue weighted by Gasteiger charge is -2.35. The zero-order chi connectivity index (χ0) is 37.9. The topological polar surface area (TPSA) is 0 Å². The van der Waals surface area contributed by atoms with Gasteiger partial charge in [-0.25, -0.2) is 0 Å². The molecule has 0 unspecified atom stereocenters. The highest BCUT2D eigenvalue weighted by molar-refractivity contribution is 7.79. The summed E-state index contributed by atoms with van der Waals surface area (Å²) in [7, 11) is 12.1. The van der Waals surface area contributed by atoms with Crippen molar-refractivity contribution in [2.24, 2.45) is 0 Å². The van der Waals surface area contributed by atoms with Crippen molar-refractivity contribution in [2.45, 2.75) is 20.8 Å². The summed E-state index contributed by atoms with van der Waals surface area (Å²) in [5.74, 6) is 0. The number of halogens is 4. The minimum absolute atomic E-state index is 0. The van der Waals surface area contributed by atoms with E-state index in [1.165, 1.54) is 52.6 Å². The molecular formula is C48H64BrClI2N3P. The van der Waals surface area contributed by atoms with Gasteiger partial charge < -0.3 is 77.3 Å². The fourth-order valence-corrected chi connectivity index (χ4v) is 8.60. The Kier molecular flexibility index (Phi) is 29.1. The van der Waals surface area contributed by atoms with Gasteiger partial charge in [0.05, 0.1) is 69.8 Å². The summed E-state index contributed by atoms with van der Waals surface area (Å²) in [5, 5.41) is 4.31. The van der Waals surface area contributed by atoms with E-state index in [4.69, 9.17) is 0 Å². The van der Waals surface area contributed by atoms with Crippen molar-refractivity contribution >= 4 is 40.9 Å². The highest BCUT2D eigenvalue weighted by Gasteiger charge is 2.25. The number of nitrogens with zero attached hydrogens (tertiary/aromatic N) is 3. The van der Waals surface area contributed by atoms with E-state index in [-0.39, 0.29) is 77.3 Å². The smallest absolute Gasteiger partial charge is 0.132 e. The lowest BCUT2D eigenvalue weighted by atomic mass is 10.2. The van der Waals surface area contributed by atoms with E-state index < -0.39 is 7.92 Å². The number of quaternary nitrogens is 3. The van der Waals surface area contributed by atoms with Crippen molar-refractivity contribution in [3.8, 4) is 0 Å². The van der Waals surface area contributed by atoms with Crippen LogP contribution in [0.25, 0.3) is 0 Å². The summed E-state index contributed by atoms with van der Waals surface area (Å²) in [5.41, 5.74) is 4.11. The fraction of sp³-hybridized carbons (Fsp3) is 0.250. The van der Waals surface area contributed by atoms with E-state index in [0.717, 1.165) is 13.4 Å². The van der Waals surface area contributed by atoms with Gasteiger partial charge in [-0.15, -0.1) is 0 Å². The van der Waals surface area contributed by atoms with Crippen molar-refractivity contribution in [2.75, 3.05) is 61.9 Å². The van der Waals surface area contributed by atoms with Gasteiger partial charge in [-0.1, -0.05) is 109 Å². The third-order valence-corrected chi connectivity index (χ3v) is 12.1. The molecule has 0 atom stereocenters. The van der Waals surface area contributed by atoms with Gasteiger partial charge in [0, 0.05) is 0 Å². The van der Waals surface area contributed by atoms with Gasteiger partial charge in [0.15, 0.2) is 0 Å². The summed E-state index contributed by atoms with van der Waals surface area (Å²) in [6.45, 7) is 10.3. The molecule has 0 bridgehead atoms. The average molecular weight is 1080 g/mol. The largest absolute Gasteiger partial charge is 1.00 e. The van der Waals surface area contributed by atoms with Crippen LogP contribution in [0, 0.1) is 0 Å². The van der Waals surface area contributed by atoms with Crippen LogP contribution in [0.2, 0.25) is 0 Å². The predicted octanol–water partition coefficient (Wildman–Crippen LogP) is -1.99. The van der Waals surface area contributed by atoms with E-state index in [2.05, 4.69) is 233 Å². The quantitative estimate of drug-likeness (QED) is 0.0897. The molecule has 0 aliphatic carbocycles. The molecule has 0 N–H and O–H groups in total. The van der Waals surface area contributed by atoms with Crippen molar-refractivity contribution in [3.05, 3.63) is 182 Å². The summed E-state index contributed by atoms with van der Waals surface area (Å²) in [6.07, 6.45) is 0. The zero-order valence-corrected chi connectivity index (χ0v) is 42.5. The van der Waals surface area contributed by atoms with Crippen LogP contribution in [-0.2, 0) is 0 Å². The highest BCUT2D eigenvalue weighted by Crippen LogP contribution is 2.32. The van der Waals surface area contributed by atoms with Gasteiger partial charge >= 0.3 is 0 Å². The molecule has 0 aromatic heterocycles. The second kappa shape index (κ2) is 29.1. The number of rotatable bonds is 9. The van der Waals surface area contributed by atoms with Crippen molar-refractivity contribution in [1.82, 2.24) is 13.4 Å². The molecule has 8 heteroatoms. The van der Waals surface area contributed by atoms with Crippen LogP contribution in [0.15, 0.2) is 182 Å². The molecule has 6 aromatic carbocycles. The molecule has 6 aromatic rings. The Hall–Kier alpha value is -2.14. The van der Waals surface area contributed by atoms with Gasteiger partial charge in [-0.3, -0.25) is 13.4 Å². The molecule has 0 saturated heterocycles. The minimum Gasteiger partial charge on any atom is -1.00 e. The summed E-state index contributed by atoms with van der Waals surface area (Å²) in [4.78, 5) is 0. The lowest BCUT2D eigenvalue weighted by Crippen LogP contribution is -3.00. The molecule has 0 fully saturated rings. The minimum atomic E-state index is -0.877. The Bertz CT molecular complexity index is 1640. The van der Waals surface area contributed by atoms with Crippen LogP contribution in [0.4, 0.5) is 17.1 Å². The fourth-order valence-electron chi connectivity index (χ4n) is 6.03. The first-order valence-electron chi connectivity index (χ1n) is 18.6. The van der Waals surface area contributed by atoms with E-state index in [1.54, 1.807) is 0 Å². The second-order valence-corrected chi connectivity index (χ2v) is 17.1. The maximum atomic E-state index is 2.26. The molecule has 0 aliphatic heterocycles. The molecule has 0 spiro atoms. The Labute approximate surface area is 392 Å². The zero-order valence-electron chi connectivity index (χ0n) is 34.8. The van der Waals surface area contributed by atoms with Crippen LogP contribution in [-0.4, -0.2) is 61.9 Å². The van der Waals surface area contributed by atoms with Gasteiger partial charge in [-0.05, 0) is 93.6 Å². The van der Waals surface area contributed by atoms with Crippen LogP contribution in [0.5, 0.6) is 0 Å². The van der Waals surface area contributed by atoms with Gasteiger partial charge in [-0.2, -0.15) is 0 Å². The van der Waals surface area contributed by atoms with E-state index >= 15 is 0 Å². The van der Waals surface area contributed by atoms with Crippen LogP contribution < -0.4 is 107 Å². The first-order valence-corrected chi connectivity index (χ1v) is 20.1. The molecular weight excluding hydrogens is 1020 g/mol. The molecule has 0 heterocycles. The first-order chi connectivity index (χ1) is 24.9. The third kappa shape index (κ3) is 18.6. The van der Waals surface area contributed by atoms with E-state index in [9.17, 15) is 0 Å². The summed E-state index contributed by atoms with van der Waals surface area (Å²) in [6, 6.07) is 64.2. The summed E-state index contributed by atoms with van der Waals surface area (Å²) >= 11 is 0. The molecule has 0 saturated carbocycles. The predicted molar refractivity (Wildman–Crippen MR) is 238 cm³/mol. The number of benzene rings is 6. The average Bonchev–Trinajstić information content (AvgIpc) is 3.18. The summed E-state index contributed by atoms with van der Waals surface area (Å²) < 4.78 is 2.88. The number of hydrogen-bond donors (Lipinski definition) is 0. The first kappa shape index (κ1) is 56.0. The monoisotopic (exact) mass is 1080 g/mol. The molecule has 0 amide bonds. The van der Waals surface area contributed by atoms with Gasteiger partial charge in [0.2, 0.25) is 0 Å². The van der Waals surface area contributed by atoms with Crippen LogP contribution in [0.1, 0.15) is 20.8 Å². The second-order valence-electron chi connectivity index (χ2n) is 14.6. The molecule has 3 nitrogen and oxygen atoms in total. The Morgan fingerprint density at radius 2 is 0.536 bits per heavy atom. The SMILES string of the molecule is CC[N+](CC)(CC)c1ccccc1.C[N+](C)(C)c1ccccc1.C[N+](C)(C)c1ccccc1.[Br-].[Cl-].[I-].[I-].c1ccc([PH+](c2ccccc2)c2ccccc2)cc1. The third-order valence-electron chi connectivity index (χ3n) is 9.37. The molecule has 0 radical (unpaired) electrons. The Balaban J connectivity index is 0. The molecule has 0 aliphatic rings. The Morgan fingerprint density at radius 3 is 0.714 bits per heavy atom. The molecule has 6 rings (SSSR count). The van der Waals surface area contributed by atoms with Crippen LogP contribution in [0.3, 0.4) is 0 Å². The Morgan fingerprint density at radius 1 is 0.339 bits per heavy atom. The van der Waals surface area contributed by atoms with Crippen molar-refractivity contribution in [3.63, 3.8) is 0 Å². The van der Waals surface area contributed by atoms with Crippen molar-refractivity contribution < 1.29 is 77.3 Å². The van der Waals surface area contributed by atoms with Crippen LogP contribution >= 0.6 is 7.92 Å². The van der Waals surface area contributed by atoms with E-state index in [1.807, 2.05) is 12.1 Å². The standard InChI is InChI=1S/C18H15P.C12H20N.2C9H14N.BrH.ClH.2HI/c1-4-10-16(11-5-1)19(17-12-6-2-7-13-17)18-14-8-3-9-15-18;1-4-13(5-2,6-3)12-10-8-7-9-11-12;2*1-10(2,3)9-7-5-4-6-8-9;;;;/h1-15H;7-11H,4-6H2,1-3H3;2*4-8H,1-3H3;4*1H/q;3*+1;;;;/p-3. The molecule has 56 heavy (non-hydrogen) atoms. The normalized spacial score (nSPS) is 10.4. The van der Waals surface area contributed by atoms with Gasteiger partial charge in [0.1, 0.15) is 33.0 Å². The van der Waals surface area contributed by atoms with Gasteiger partial charge in [0.25, 0.3) is 0 Å². The number of hydrogen-bond acceptors (Lipinski definition) is 0. The molecule has 304 valence electrons. The number of para-hydroxylation sites is 3. The highest BCUT2D eigenvalue weighted by atomic mass is 127. The lowest BCUT2D eigenvalue weighted by molar-refractivity contribution is -0.00100. The van der Waals surface area contributed by atoms with E-state index in [0.29, 0.717) is 0 Å².